The molecule has 2 bridgehead atoms. The molecule has 2 amide bonds. The molecule has 6 atom stereocenters. The zero-order chi connectivity index (χ0) is 30.8. The zero-order valence-electron chi connectivity index (χ0n) is 25.3. The SMILES string of the molecule is C=CCCCCOC(=O)[C@@H]1[C@H]2C(=O)N([C@@H](CO)CC(C)C)C(C(=O)N(CC=C)c3c(C)cccc3Cl)C23CC[C@@]1(C)S3. The van der Waals surface area contributed by atoms with Crippen LogP contribution in [0.3, 0.4) is 0 Å². The third-order valence-corrected chi connectivity index (χ3v) is 11.4. The number of unbranched alkanes of at least 4 members (excludes halogenated alkanes) is 2. The number of nitrogens with zero attached hydrogens (tertiary/aromatic N) is 2. The largest absolute Gasteiger partial charge is 0.465 e. The van der Waals surface area contributed by atoms with E-state index in [1.165, 1.54) is 0 Å². The Morgan fingerprint density at radius 3 is 2.62 bits per heavy atom. The number of halogens is 1. The number of fused-ring (bicyclic) bond motifs is 1. The number of thioether (sulfide) groups is 1. The van der Waals surface area contributed by atoms with E-state index < -0.39 is 33.4 Å². The van der Waals surface area contributed by atoms with E-state index in [9.17, 15) is 19.5 Å². The maximum Gasteiger partial charge on any atom is 0.311 e. The first kappa shape index (κ1) is 32.6. The van der Waals surface area contributed by atoms with Crippen molar-refractivity contribution in [3.05, 3.63) is 54.1 Å². The third kappa shape index (κ3) is 5.67. The third-order valence-electron chi connectivity index (χ3n) is 9.13. The van der Waals surface area contributed by atoms with E-state index in [1.807, 2.05) is 45.9 Å². The summed E-state index contributed by atoms with van der Waals surface area (Å²) in [6.07, 6.45) is 7.78. The maximum absolute atomic E-state index is 14.9. The fraction of sp³-hybridized carbons (Fsp3) is 0.606. The minimum Gasteiger partial charge on any atom is -0.465 e. The predicted octanol–water partition coefficient (Wildman–Crippen LogP) is 5.96. The summed E-state index contributed by atoms with van der Waals surface area (Å²) in [4.78, 5) is 46.4. The highest BCUT2D eigenvalue weighted by Crippen LogP contribution is 2.72. The molecule has 230 valence electrons. The Bertz CT molecular complexity index is 1200. The summed E-state index contributed by atoms with van der Waals surface area (Å²) in [5.41, 5.74) is 1.41. The molecule has 3 aliphatic heterocycles. The molecule has 1 aromatic carbocycles. The predicted molar refractivity (Wildman–Crippen MR) is 170 cm³/mol. The highest BCUT2D eigenvalue weighted by molar-refractivity contribution is 8.02. The molecular formula is C33H45ClN2O5S. The molecule has 1 aromatic rings. The minimum atomic E-state index is -0.876. The van der Waals surface area contributed by atoms with Gasteiger partial charge in [-0.05, 0) is 69.9 Å². The molecule has 9 heteroatoms. The number of benzene rings is 1. The van der Waals surface area contributed by atoms with Crippen LogP contribution in [0.1, 0.15) is 64.9 Å². The molecule has 2 unspecified atom stereocenters. The molecule has 0 radical (unpaired) electrons. The van der Waals surface area contributed by atoms with E-state index >= 15 is 0 Å². The van der Waals surface area contributed by atoms with Gasteiger partial charge in [0, 0.05) is 11.3 Å². The number of ether oxygens (including phenoxy) is 1. The van der Waals surface area contributed by atoms with Crippen LogP contribution in [-0.2, 0) is 19.1 Å². The highest BCUT2D eigenvalue weighted by atomic mass is 35.5. The van der Waals surface area contributed by atoms with Crippen LogP contribution in [-0.4, -0.2) is 69.1 Å². The van der Waals surface area contributed by atoms with Gasteiger partial charge in [0.05, 0.1) is 46.5 Å². The van der Waals surface area contributed by atoms with Crippen LogP contribution in [0.25, 0.3) is 0 Å². The van der Waals surface area contributed by atoms with E-state index in [-0.39, 0.29) is 43.5 Å². The van der Waals surface area contributed by atoms with Crippen LogP contribution in [0, 0.1) is 24.7 Å². The van der Waals surface area contributed by atoms with Gasteiger partial charge in [-0.15, -0.1) is 24.9 Å². The molecular weight excluding hydrogens is 572 g/mol. The van der Waals surface area contributed by atoms with Gasteiger partial charge in [-0.3, -0.25) is 14.4 Å². The second-order valence-corrected chi connectivity index (χ2v) is 14.8. The summed E-state index contributed by atoms with van der Waals surface area (Å²) in [6.45, 7) is 15.8. The topological polar surface area (TPSA) is 87.1 Å². The number of likely N-dealkylation sites (tertiary alicyclic amines) is 1. The fourth-order valence-corrected chi connectivity index (χ4v) is 10.0. The van der Waals surface area contributed by atoms with E-state index in [2.05, 4.69) is 13.2 Å². The van der Waals surface area contributed by atoms with Gasteiger partial charge in [0.1, 0.15) is 6.04 Å². The number of para-hydroxylation sites is 1. The standard InChI is InChI=1S/C33H45ClN2O5S/c1-7-9-10-11-18-41-31(40)26-25-29(38)36(23(20-37)19-21(3)4)28(33(25)16-15-32(26,6)42-33)30(39)35(17-8-2)27-22(5)13-12-14-24(27)34/h7-8,12-14,21,23,25-26,28,37H,1-2,9-11,15-20H2,3-6H3/t23-,25+,26+,28?,32-,33?/m1/s1. The summed E-state index contributed by atoms with van der Waals surface area (Å²) in [7, 11) is 0. The van der Waals surface area contributed by atoms with Crippen LogP contribution in [0.5, 0.6) is 0 Å². The van der Waals surface area contributed by atoms with Crippen LogP contribution in [0.4, 0.5) is 5.69 Å². The average Bonchev–Trinajstić information content (AvgIpc) is 3.51. The quantitative estimate of drug-likeness (QED) is 0.158. The maximum atomic E-state index is 14.9. The zero-order valence-corrected chi connectivity index (χ0v) is 26.9. The first-order chi connectivity index (χ1) is 20.0. The number of anilines is 1. The lowest BCUT2D eigenvalue weighted by Crippen LogP contribution is -2.58. The summed E-state index contributed by atoms with van der Waals surface area (Å²) >= 11 is 8.27. The number of aliphatic hydroxyl groups excluding tert-OH is 1. The van der Waals surface area contributed by atoms with E-state index in [0.717, 1.165) is 24.8 Å². The van der Waals surface area contributed by atoms with Crippen molar-refractivity contribution in [2.24, 2.45) is 17.8 Å². The van der Waals surface area contributed by atoms with Crippen molar-refractivity contribution in [3.63, 3.8) is 0 Å². The Labute approximate surface area is 259 Å². The Hall–Kier alpha value is -2.29. The van der Waals surface area contributed by atoms with Crippen molar-refractivity contribution in [1.82, 2.24) is 4.90 Å². The lowest BCUT2D eigenvalue weighted by atomic mass is 9.66. The molecule has 0 aromatic heterocycles. The Balaban J connectivity index is 1.79. The van der Waals surface area contributed by atoms with Crippen molar-refractivity contribution >= 4 is 46.8 Å². The van der Waals surface area contributed by atoms with Gasteiger partial charge in [0.2, 0.25) is 5.91 Å². The molecule has 3 heterocycles. The number of aryl methyl sites for hydroxylation is 1. The lowest BCUT2D eigenvalue weighted by molar-refractivity contribution is -0.156. The number of amides is 2. The lowest BCUT2D eigenvalue weighted by Gasteiger charge is -2.40. The average molecular weight is 617 g/mol. The molecule has 0 saturated carbocycles. The monoisotopic (exact) mass is 616 g/mol. The van der Waals surface area contributed by atoms with Crippen LogP contribution in [0.15, 0.2) is 43.5 Å². The van der Waals surface area contributed by atoms with Gasteiger partial charge in [0.25, 0.3) is 5.91 Å². The highest BCUT2D eigenvalue weighted by Gasteiger charge is 2.78. The van der Waals surface area contributed by atoms with E-state index in [4.69, 9.17) is 16.3 Å². The second kappa shape index (κ2) is 13.1. The molecule has 3 aliphatic rings. The van der Waals surface area contributed by atoms with E-state index in [1.54, 1.807) is 33.7 Å². The number of esters is 1. The smallest absolute Gasteiger partial charge is 0.311 e. The summed E-state index contributed by atoms with van der Waals surface area (Å²) in [6, 6.07) is 4.05. The van der Waals surface area contributed by atoms with Crippen molar-refractivity contribution in [2.75, 3.05) is 24.7 Å². The Morgan fingerprint density at radius 1 is 1.26 bits per heavy atom. The van der Waals surface area contributed by atoms with Crippen molar-refractivity contribution < 1.29 is 24.2 Å². The number of carbonyl (C=O) groups excluding carboxylic acids is 3. The van der Waals surface area contributed by atoms with Crippen LogP contribution >= 0.6 is 23.4 Å². The van der Waals surface area contributed by atoms with Gasteiger partial charge < -0.3 is 19.6 Å². The first-order valence-corrected chi connectivity index (χ1v) is 16.2. The van der Waals surface area contributed by atoms with Gasteiger partial charge >= 0.3 is 5.97 Å². The first-order valence-electron chi connectivity index (χ1n) is 15.1. The normalized spacial score (nSPS) is 28.6. The number of aliphatic hydroxyl groups is 1. The Kier molecular flexibility index (Phi) is 10.2. The van der Waals surface area contributed by atoms with Crippen LogP contribution in [0.2, 0.25) is 5.02 Å². The van der Waals surface area contributed by atoms with Gasteiger partial charge in [-0.2, -0.15) is 0 Å². The van der Waals surface area contributed by atoms with Crippen molar-refractivity contribution in [1.29, 1.82) is 0 Å². The fourth-order valence-electron chi connectivity index (χ4n) is 7.40. The van der Waals surface area contributed by atoms with Crippen molar-refractivity contribution in [2.45, 2.75) is 87.8 Å². The molecule has 7 nitrogen and oxygen atoms in total. The summed E-state index contributed by atoms with van der Waals surface area (Å²) in [5.74, 6) is -2.08. The molecule has 1 N–H and O–H groups in total. The summed E-state index contributed by atoms with van der Waals surface area (Å²) < 4.78 is 4.43. The molecule has 42 heavy (non-hydrogen) atoms. The van der Waals surface area contributed by atoms with Gasteiger partial charge in [-0.1, -0.05) is 49.7 Å². The second-order valence-electron chi connectivity index (χ2n) is 12.5. The van der Waals surface area contributed by atoms with Crippen molar-refractivity contribution in [3.8, 4) is 0 Å². The minimum absolute atomic E-state index is 0.177. The van der Waals surface area contributed by atoms with Gasteiger partial charge in [-0.25, -0.2) is 0 Å². The number of rotatable bonds is 14. The van der Waals surface area contributed by atoms with Gasteiger partial charge in [0.15, 0.2) is 0 Å². The van der Waals surface area contributed by atoms with Crippen LogP contribution < -0.4 is 4.90 Å². The number of hydrogen-bond acceptors (Lipinski definition) is 6. The number of hydrogen-bond donors (Lipinski definition) is 1. The van der Waals surface area contributed by atoms with E-state index in [0.29, 0.717) is 30.0 Å². The number of allylic oxidation sites excluding steroid dienone is 1. The molecule has 3 fully saturated rings. The summed E-state index contributed by atoms with van der Waals surface area (Å²) in [5, 5.41) is 11.0. The molecule has 0 aliphatic carbocycles. The molecule has 4 rings (SSSR count). The number of carbonyl (C=O) groups is 3. The molecule has 3 saturated heterocycles. The Morgan fingerprint density at radius 2 is 2.00 bits per heavy atom. The molecule has 1 spiro atoms.